The Hall–Kier alpha value is -2.80. The van der Waals surface area contributed by atoms with Gasteiger partial charge in [0.05, 0.1) is 13.7 Å². The van der Waals surface area contributed by atoms with Gasteiger partial charge in [0.2, 0.25) is 5.95 Å². The van der Waals surface area contributed by atoms with Crippen LogP contribution in [0.2, 0.25) is 0 Å². The third kappa shape index (κ3) is 5.58. The fraction of sp³-hybridized carbons (Fsp3) is 0.385. The van der Waals surface area contributed by atoms with Crippen molar-refractivity contribution < 1.29 is 13.9 Å². The first-order valence-electron chi connectivity index (χ1n) is 11.3. The van der Waals surface area contributed by atoms with Crippen molar-refractivity contribution in [3.8, 4) is 22.6 Å². The van der Waals surface area contributed by atoms with Crippen LogP contribution in [-0.2, 0) is 0 Å². The van der Waals surface area contributed by atoms with Crippen LogP contribution in [0.4, 0.5) is 10.3 Å². The lowest BCUT2D eigenvalue weighted by atomic mass is 9.98. The van der Waals surface area contributed by atoms with Crippen LogP contribution in [0, 0.1) is 11.7 Å². The fourth-order valence-corrected chi connectivity index (χ4v) is 4.18. The van der Waals surface area contributed by atoms with Crippen LogP contribution in [0.25, 0.3) is 11.1 Å². The summed E-state index contributed by atoms with van der Waals surface area (Å²) in [5.74, 6) is 2.16. The first kappa shape index (κ1) is 23.4. The van der Waals surface area contributed by atoms with E-state index in [1.165, 1.54) is 6.07 Å². The molecular formula is C26H30FN3O2S. The van der Waals surface area contributed by atoms with Gasteiger partial charge in [-0.3, -0.25) is 0 Å². The Morgan fingerprint density at radius 3 is 2.33 bits per heavy atom. The summed E-state index contributed by atoms with van der Waals surface area (Å²) in [6.45, 7) is 6.52. The van der Waals surface area contributed by atoms with E-state index >= 15 is 0 Å². The van der Waals surface area contributed by atoms with Crippen molar-refractivity contribution in [2.75, 3.05) is 31.7 Å². The number of nitrogens with zero attached hydrogens (tertiary/aromatic N) is 3. The molecule has 7 heteroatoms. The van der Waals surface area contributed by atoms with Crippen molar-refractivity contribution >= 4 is 18.6 Å². The van der Waals surface area contributed by atoms with E-state index in [1.54, 1.807) is 13.2 Å². The lowest BCUT2D eigenvalue weighted by molar-refractivity contribution is 0.215. The highest BCUT2D eigenvalue weighted by atomic mass is 32.1. The minimum atomic E-state index is -0.363. The van der Waals surface area contributed by atoms with E-state index in [4.69, 9.17) is 9.47 Å². The first-order chi connectivity index (χ1) is 15.9. The van der Waals surface area contributed by atoms with E-state index < -0.39 is 0 Å². The first-order valence-corrected chi connectivity index (χ1v) is 11.8. The summed E-state index contributed by atoms with van der Waals surface area (Å²) in [6, 6.07) is 10.7. The summed E-state index contributed by atoms with van der Waals surface area (Å²) >= 11 is 4.36. The molecule has 3 aromatic rings. The summed E-state index contributed by atoms with van der Waals surface area (Å²) in [5.41, 5.74) is 2.78. The van der Waals surface area contributed by atoms with Crippen LogP contribution in [0.3, 0.4) is 0 Å². The molecule has 0 bridgehead atoms. The Bertz CT molecular complexity index is 1080. The third-order valence-corrected chi connectivity index (χ3v) is 6.51. The normalized spacial score (nSPS) is 14.5. The number of rotatable bonds is 7. The summed E-state index contributed by atoms with van der Waals surface area (Å²) < 4.78 is 25.9. The molecular weight excluding hydrogens is 437 g/mol. The molecule has 2 heterocycles. The van der Waals surface area contributed by atoms with Crippen LogP contribution in [0.1, 0.15) is 38.2 Å². The van der Waals surface area contributed by atoms with Gasteiger partial charge in [0.25, 0.3) is 0 Å². The average Bonchev–Trinajstić information content (AvgIpc) is 2.84. The topological polar surface area (TPSA) is 47.5 Å². The minimum Gasteiger partial charge on any atom is -0.496 e. The van der Waals surface area contributed by atoms with E-state index in [-0.39, 0.29) is 11.6 Å². The molecule has 1 aliphatic rings. The average molecular weight is 468 g/mol. The van der Waals surface area contributed by atoms with Gasteiger partial charge in [-0.1, -0.05) is 26.0 Å². The summed E-state index contributed by atoms with van der Waals surface area (Å²) in [7, 11) is 1.59. The lowest BCUT2D eigenvalue weighted by Crippen LogP contribution is -2.36. The molecule has 33 heavy (non-hydrogen) atoms. The van der Waals surface area contributed by atoms with Gasteiger partial charge in [-0.05, 0) is 65.6 Å². The Kier molecular flexibility index (Phi) is 7.38. The molecule has 1 saturated heterocycles. The van der Waals surface area contributed by atoms with Crippen LogP contribution in [0.5, 0.6) is 11.5 Å². The summed E-state index contributed by atoms with van der Waals surface area (Å²) in [6.07, 6.45) is 5.75. The molecule has 4 rings (SSSR count). The number of piperidine rings is 1. The van der Waals surface area contributed by atoms with Crippen molar-refractivity contribution in [1.82, 2.24) is 9.97 Å². The fourth-order valence-electron chi connectivity index (χ4n) is 3.95. The van der Waals surface area contributed by atoms with Crippen molar-refractivity contribution in [1.29, 1.82) is 0 Å². The molecule has 0 amide bonds. The molecule has 0 N–H and O–H groups in total. The van der Waals surface area contributed by atoms with Gasteiger partial charge in [-0.25, -0.2) is 14.4 Å². The molecule has 0 atom stereocenters. The van der Waals surface area contributed by atoms with Gasteiger partial charge >= 0.3 is 0 Å². The highest BCUT2D eigenvalue weighted by Gasteiger charge is 2.22. The maximum atomic E-state index is 14.7. The van der Waals surface area contributed by atoms with Crippen molar-refractivity contribution in [2.24, 2.45) is 5.92 Å². The largest absolute Gasteiger partial charge is 0.496 e. The van der Waals surface area contributed by atoms with Gasteiger partial charge in [0.15, 0.2) is 11.6 Å². The minimum absolute atomic E-state index is 0.284. The smallest absolute Gasteiger partial charge is 0.225 e. The van der Waals surface area contributed by atoms with Crippen molar-refractivity contribution in [2.45, 2.75) is 37.5 Å². The molecule has 1 aliphatic heterocycles. The number of hydrogen-bond acceptors (Lipinski definition) is 6. The third-order valence-electron chi connectivity index (χ3n) is 6.14. The maximum absolute atomic E-state index is 14.7. The van der Waals surface area contributed by atoms with Crippen LogP contribution in [0.15, 0.2) is 53.7 Å². The van der Waals surface area contributed by atoms with E-state index in [0.717, 1.165) is 53.5 Å². The van der Waals surface area contributed by atoms with Gasteiger partial charge in [0, 0.05) is 30.4 Å². The van der Waals surface area contributed by atoms with E-state index in [0.29, 0.717) is 24.2 Å². The van der Waals surface area contributed by atoms with Gasteiger partial charge in [-0.15, -0.1) is 12.6 Å². The zero-order valence-electron chi connectivity index (χ0n) is 19.3. The molecule has 0 aliphatic carbocycles. The van der Waals surface area contributed by atoms with Crippen LogP contribution in [-0.4, -0.2) is 36.8 Å². The monoisotopic (exact) mass is 467 g/mol. The number of ether oxygens (including phenoxy) is 2. The highest BCUT2D eigenvalue weighted by Crippen LogP contribution is 2.32. The predicted octanol–water partition coefficient (Wildman–Crippen LogP) is 6.00. The zero-order chi connectivity index (χ0) is 23.4. The Labute approximate surface area is 200 Å². The predicted molar refractivity (Wildman–Crippen MR) is 132 cm³/mol. The Morgan fingerprint density at radius 1 is 1.03 bits per heavy atom. The number of anilines is 1. The number of aromatic nitrogens is 2. The van der Waals surface area contributed by atoms with Crippen LogP contribution >= 0.6 is 12.6 Å². The molecule has 0 radical (unpaired) electrons. The highest BCUT2D eigenvalue weighted by molar-refractivity contribution is 7.80. The van der Waals surface area contributed by atoms with Gasteiger partial charge in [-0.2, -0.15) is 0 Å². The van der Waals surface area contributed by atoms with E-state index in [9.17, 15) is 4.39 Å². The molecule has 2 aromatic carbocycles. The Balaban J connectivity index is 1.32. The number of halogens is 1. The van der Waals surface area contributed by atoms with Crippen LogP contribution < -0.4 is 14.4 Å². The summed E-state index contributed by atoms with van der Waals surface area (Å²) in [5, 5.41) is 0. The lowest BCUT2D eigenvalue weighted by Gasteiger charge is -2.32. The maximum Gasteiger partial charge on any atom is 0.225 e. The van der Waals surface area contributed by atoms with Gasteiger partial charge in [0.1, 0.15) is 5.75 Å². The van der Waals surface area contributed by atoms with E-state index in [2.05, 4.69) is 41.3 Å². The quantitative estimate of drug-likeness (QED) is 0.432. The molecule has 0 saturated carbocycles. The van der Waals surface area contributed by atoms with Gasteiger partial charge < -0.3 is 14.4 Å². The molecule has 0 spiro atoms. The molecule has 174 valence electrons. The summed E-state index contributed by atoms with van der Waals surface area (Å²) in [4.78, 5) is 12.0. The molecule has 0 unspecified atom stereocenters. The molecule has 1 fully saturated rings. The zero-order valence-corrected chi connectivity index (χ0v) is 20.2. The second kappa shape index (κ2) is 10.4. The van der Waals surface area contributed by atoms with Crippen molar-refractivity contribution in [3.05, 3.63) is 60.2 Å². The second-order valence-corrected chi connectivity index (χ2v) is 9.23. The number of hydrogen-bond donors (Lipinski definition) is 1. The van der Waals surface area contributed by atoms with Crippen molar-refractivity contribution in [3.63, 3.8) is 0 Å². The second-order valence-electron chi connectivity index (χ2n) is 8.74. The SMILES string of the molecule is COc1cc(-c2ccc(OCC3CCN(c4ncc(C(C)C)cn4)CC3)c(F)c2)ccc1S. The molecule has 1 aromatic heterocycles. The number of benzene rings is 2. The van der Waals surface area contributed by atoms with E-state index in [1.807, 2.05) is 36.7 Å². The number of thiol groups is 1. The standard InChI is InChI=1S/C26H30FN3O2S/c1-17(2)21-14-28-26(29-15-21)30-10-8-18(9-11-30)16-32-23-6-4-19(12-22(23)27)20-5-7-25(33)24(13-20)31-3/h4-7,12-15,17-18,33H,8-11,16H2,1-3H3. The Morgan fingerprint density at radius 2 is 1.70 bits per heavy atom. The molecule has 5 nitrogen and oxygen atoms in total. The number of methoxy groups -OCH3 is 1.